The van der Waals surface area contributed by atoms with E-state index in [1.54, 1.807) is 7.11 Å². The van der Waals surface area contributed by atoms with Crippen LogP contribution in [0.15, 0.2) is 35.9 Å². The van der Waals surface area contributed by atoms with E-state index in [1.165, 1.54) is 26.2 Å². The summed E-state index contributed by atoms with van der Waals surface area (Å²) >= 11 is 0. The van der Waals surface area contributed by atoms with Crippen molar-refractivity contribution in [2.24, 2.45) is 0 Å². The average molecular weight is 319 g/mol. The van der Waals surface area contributed by atoms with Crippen molar-refractivity contribution in [3.05, 3.63) is 35.9 Å². The van der Waals surface area contributed by atoms with Crippen molar-refractivity contribution >= 4 is 11.7 Å². The van der Waals surface area contributed by atoms with Crippen molar-refractivity contribution in [1.82, 2.24) is 0 Å². The molecule has 0 aromatic heterocycles. The fraction of sp³-hybridized carbons (Fsp3) is 0.500. The molecule has 0 saturated heterocycles. The van der Waals surface area contributed by atoms with Crippen LogP contribution in [0.4, 0.5) is 5.69 Å². The second-order valence-electron chi connectivity index (χ2n) is 5.53. The highest BCUT2D eigenvalue weighted by Crippen LogP contribution is 2.30. The van der Waals surface area contributed by atoms with Gasteiger partial charge in [-0.05, 0) is 43.4 Å². The minimum atomic E-state index is -0.700. The minimum Gasteiger partial charge on any atom is -0.495 e. The van der Waals surface area contributed by atoms with Crippen LogP contribution < -0.4 is 10.1 Å². The van der Waals surface area contributed by atoms with Crippen LogP contribution >= 0.6 is 0 Å². The number of esters is 1. The minimum absolute atomic E-state index is 0.274. The Labute approximate surface area is 137 Å². The van der Waals surface area contributed by atoms with E-state index in [2.05, 4.69) is 11.4 Å². The standard InChI is InChI=1S/C18H25NO4/c1-21-15-12-8-7-11-14(15)19-16(13-9-5-4-6-10-13)17(22-2)18(20)23-3/h7-9,11-12,16-17,19H,4-6,10H2,1-3H3/t16-,17-/m1/s1. The fourth-order valence-corrected chi connectivity index (χ4v) is 2.92. The molecule has 0 bridgehead atoms. The molecule has 0 saturated carbocycles. The lowest BCUT2D eigenvalue weighted by Crippen LogP contribution is -2.43. The number of allylic oxidation sites excluding steroid dienone is 1. The summed E-state index contributed by atoms with van der Waals surface area (Å²) in [5.41, 5.74) is 2.01. The molecular formula is C18H25NO4. The maximum Gasteiger partial charge on any atom is 0.337 e. The Morgan fingerprint density at radius 2 is 1.96 bits per heavy atom. The second-order valence-corrected chi connectivity index (χ2v) is 5.53. The number of benzene rings is 1. The van der Waals surface area contributed by atoms with Crippen LogP contribution in [0.25, 0.3) is 0 Å². The lowest BCUT2D eigenvalue weighted by atomic mass is 9.90. The molecule has 2 atom stereocenters. The number of rotatable bonds is 7. The number of ether oxygens (including phenoxy) is 3. The highest BCUT2D eigenvalue weighted by atomic mass is 16.6. The molecule has 1 aromatic carbocycles. The maximum atomic E-state index is 12.1. The van der Waals surface area contributed by atoms with Crippen LogP contribution in [-0.4, -0.2) is 39.4 Å². The van der Waals surface area contributed by atoms with E-state index in [9.17, 15) is 4.79 Å². The Bertz CT molecular complexity index is 556. The number of carbonyl (C=O) groups is 1. The molecule has 5 nitrogen and oxygen atoms in total. The Balaban J connectivity index is 2.32. The monoisotopic (exact) mass is 319 g/mol. The van der Waals surface area contributed by atoms with E-state index in [1.807, 2.05) is 24.3 Å². The van der Waals surface area contributed by atoms with Crippen molar-refractivity contribution in [3.63, 3.8) is 0 Å². The van der Waals surface area contributed by atoms with Gasteiger partial charge in [-0.15, -0.1) is 0 Å². The van der Waals surface area contributed by atoms with Gasteiger partial charge in [-0.2, -0.15) is 0 Å². The molecule has 0 heterocycles. The van der Waals surface area contributed by atoms with Crippen LogP contribution in [-0.2, 0) is 14.3 Å². The largest absolute Gasteiger partial charge is 0.495 e. The number of para-hydroxylation sites is 2. The molecule has 1 aliphatic carbocycles. The van der Waals surface area contributed by atoms with Crippen molar-refractivity contribution < 1.29 is 19.0 Å². The van der Waals surface area contributed by atoms with Crippen LogP contribution in [0, 0.1) is 0 Å². The Morgan fingerprint density at radius 3 is 2.57 bits per heavy atom. The summed E-state index contributed by atoms with van der Waals surface area (Å²) in [6.07, 6.45) is 5.77. The molecule has 0 amide bonds. The quantitative estimate of drug-likeness (QED) is 0.618. The van der Waals surface area contributed by atoms with E-state index in [-0.39, 0.29) is 12.0 Å². The SMILES string of the molecule is COC(=O)[C@H](OC)[C@H](Nc1ccccc1OC)C1=CCCCC1. The molecule has 1 N–H and O–H groups in total. The van der Waals surface area contributed by atoms with Crippen LogP contribution in [0.5, 0.6) is 5.75 Å². The molecule has 2 rings (SSSR count). The van der Waals surface area contributed by atoms with Gasteiger partial charge in [-0.1, -0.05) is 18.2 Å². The second kappa shape index (κ2) is 8.58. The molecule has 0 spiro atoms. The maximum absolute atomic E-state index is 12.1. The molecule has 0 radical (unpaired) electrons. The van der Waals surface area contributed by atoms with Gasteiger partial charge in [0.2, 0.25) is 0 Å². The van der Waals surface area contributed by atoms with Gasteiger partial charge in [0.25, 0.3) is 0 Å². The third-order valence-electron chi connectivity index (χ3n) is 4.13. The first kappa shape index (κ1) is 17.3. The van der Waals surface area contributed by atoms with Crippen molar-refractivity contribution in [2.75, 3.05) is 26.6 Å². The van der Waals surface area contributed by atoms with Gasteiger partial charge in [0, 0.05) is 7.11 Å². The zero-order valence-electron chi connectivity index (χ0n) is 14.0. The molecule has 0 unspecified atom stereocenters. The Morgan fingerprint density at radius 1 is 1.17 bits per heavy atom. The van der Waals surface area contributed by atoms with Gasteiger partial charge in [0.15, 0.2) is 6.10 Å². The summed E-state index contributed by atoms with van der Waals surface area (Å²) in [7, 11) is 4.54. The molecule has 23 heavy (non-hydrogen) atoms. The highest BCUT2D eigenvalue weighted by molar-refractivity contribution is 5.77. The lowest BCUT2D eigenvalue weighted by Gasteiger charge is -2.30. The predicted molar refractivity (Wildman–Crippen MR) is 89.8 cm³/mol. The number of methoxy groups -OCH3 is 3. The van der Waals surface area contributed by atoms with Gasteiger partial charge in [0.1, 0.15) is 5.75 Å². The third kappa shape index (κ3) is 4.26. The first-order valence-corrected chi connectivity index (χ1v) is 7.90. The predicted octanol–water partition coefficient (Wildman–Crippen LogP) is 3.16. The Hall–Kier alpha value is -2.01. The van der Waals surface area contributed by atoms with Gasteiger partial charge < -0.3 is 19.5 Å². The summed E-state index contributed by atoms with van der Waals surface area (Å²) in [6.45, 7) is 0. The number of carbonyl (C=O) groups excluding carboxylic acids is 1. The smallest absolute Gasteiger partial charge is 0.337 e. The van der Waals surface area contributed by atoms with E-state index in [0.29, 0.717) is 0 Å². The lowest BCUT2D eigenvalue weighted by molar-refractivity contribution is -0.152. The van der Waals surface area contributed by atoms with E-state index in [4.69, 9.17) is 14.2 Å². The molecule has 126 valence electrons. The van der Waals surface area contributed by atoms with Crippen LogP contribution in [0.2, 0.25) is 0 Å². The summed E-state index contributed by atoms with van der Waals surface area (Å²) in [5.74, 6) is 0.347. The fourth-order valence-electron chi connectivity index (χ4n) is 2.92. The number of hydrogen-bond acceptors (Lipinski definition) is 5. The van der Waals surface area contributed by atoms with E-state index >= 15 is 0 Å². The summed E-state index contributed by atoms with van der Waals surface area (Å²) in [6, 6.07) is 7.38. The zero-order chi connectivity index (χ0) is 16.7. The number of nitrogens with one attached hydrogen (secondary N) is 1. The van der Waals surface area contributed by atoms with Crippen LogP contribution in [0.1, 0.15) is 25.7 Å². The number of hydrogen-bond donors (Lipinski definition) is 1. The topological polar surface area (TPSA) is 56.8 Å². The summed E-state index contributed by atoms with van der Waals surface area (Å²) in [4.78, 5) is 12.1. The molecule has 0 fully saturated rings. The average Bonchev–Trinajstić information content (AvgIpc) is 2.62. The summed E-state index contributed by atoms with van der Waals surface area (Å²) < 4.78 is 15.7. The highest BCUT2D eigenvalue weighted by Gasteiger charge is 2.32. The molecule has 1 aliphatic rings. The van der Waals surface area contributed by atoms with Crippen molar-refractivity contribution in [1.29, 1.82) is 0 Å². The molecule has 0 aliphatic heterocycles. The Kier molecular flexibility index (Phi) is 6.47. The normalized spacial score (nSPS) is 16.9. The first-order valence-electron chi connectivity index (χ1n) is 7.90. The summed E-state index contributed by atoms with van der Waals surface area (Å²) in [5, 5.41) is 3.42. The third-order valence-corrected chi connectivity index (χ3v) is 4.13. The van der Waals surface area contributed by atoms with Gasteiger partial charge in [0.05, 0.1) is 25.9 Å². The van der Waals surface area contributed by atoms with Crippen LogP contribution in [0.3, 0.4) is 0 Å². The van der Waals surface area contributed by atoms with Gasteiger partial charge >= 0.3 is 5.97 Å². The van der Waals surface area contributed by atoms with Gasteiger partial charge in [-0.25, -0.2) is 4.79 Å². The van der Waals surface area contributed by atoms with Gasteiger partial charge in [-0.3, -0.25) is 0 Å². The number of anilines is 1. The van der Waals surface area contributed by atoms with Crippen molar-refractivity contribution in [2.45, 2.75) is 37.8 Å². The van der Waals surface area contributed by atoms with Crippen molar-refractivity contribution in [3.8, 4) is 5.75 Å². The molecule has 1 aromatic rings. The zero-order valence-corrected chi connectivity index (χ0v) is 14.0. The first-order chi connectivity index (χ1) is 11.2. The van der Waals surface area contributed by atoms with E-state index < -0.39 is 6.10 Å². The van der Waals surface area contributed by atoms with E-state index in [0.717, 1.165) is 30.7 Å². The molecular weight excluding hydrogens is 294 g/mol. The molecule has 5 heteroatoms.